The number of Topliss-reactive ketones (excluding diaryl/α,β-unsaturated/α-hetero) is 1. The third kappa shape index (κ3) is 4.66. The highest BCUT2D eigenvalue weighted by Crippen LogP contribution is 2.16. The summed E-state index contributed by atoms with van der Waals surface area (Å²) in [6, 6.07) is 4.55. The van der Waals surface area contributed by atoms with Gasteiger partial charge in [0, 0.05) is 6.42 Å². The highest BCUT2D eigenvalue weighted by Gasteiger charge is 2.16. The van der Waals surface area contributed by atoms with Gasteiger partial charge in [0.15, 0.2) is 5.78 Å². The van der Waals surface area contributed by atoms with Gasteiger partial charge in [0.2, 0.25) is 0 Å². The smallest absolute Gasteiger partial charge is 0.338 e. The number of carbonyl (C=O) groups is 3. The van der Waals surface area contributed by atoms with Gasteiger partial charge in [0.25, 0.3) is 0 Å². The van der Waals surface area contributed by atoms with Crippen LogP contribution in [0.2, 0.25) is 0 Å². The van der Waals surface area contributed by atoms with Crippen LogP contribution >= 0.6 is 11.6 Å². The van der Waals surface area contributed by atoms with Gasteiger partial charge >= 0.3 is 11.9 Å². The average Bonchev–Trinajstić information content (AvgIpc) is 2.38. The number of esters is 1. The van der Waals surface area contributed by atoms with Gasteiger partial charge < -0.3 is 9.84 Å². The number of rotatable bonds is 7. The lowest BCUT2D eigenvalue weighted by atomic mass is 9.98. The number of ketones is 1. The van der Waals surface area contributed by atoms with Crippen molar-refractivity contribution < 1.29 is 24.2 Å². The number of alkyl halides is 1. The molecule has 0 atom stereocenters. The van der Waals surface area contributed by atoms with E-state index in [4.69, 9.17) is 21.4 Å². The van der Waals surface area contributed by atoms with Crippen molar-refractivity contribution in [3.63, 3.8) is 0 Å². The predicted octanol–water partition coefficient (Wildman–Crippen LogP) is 1.84. The molecule has 0 aliphatic heterocycles. The number of carbonyl (C=O) groups excluding carboxylic acids is 2. The van der Waals surface area contributed by atoms with Gasteiger partial charge in [-0.05, 0) is 24.1 Å². The number of hydrogen-bond donors (Lipinski definition) is 1. The van der Waals surface area contributed by atoms with E-state index in [2.05, 4.69) is 0 Å². The van der Waals surface area contributed by atoms with E-state index in [1.807, 2.05) is 0 Å². The standard InChI is InChI=1S/C14H15ClO5/c1-2-20-14(19)12-4-3-9(6-13(17)18)5-10(12)7-11(16)8-15/h3-5H,2,6-8H2,1H3,(H,17,18). The van der Waals surface area contributed by atoms with Crippen LogP contribution in [0.15, 0.2) is 18.2 Å². The molecule has 0 saturated carbocycles. The van der Waals surface area contributed by atoms with Crippen LogP contribution in [0.4, 0.5) is 0 Å². The lowest BCUT2D eigenvalue weighted by Crippen LogP contribution is -2.13. The Morgan fingerprint density at radius 3 is 2.50 bits per heavy atom. The maximum Gasteiger partial charge on any atom is 0.338 e. The van der Waals surface area contributed by atoms with Crippen molar-refractivity contribution in [2.45, 2.75) is 19.8 Å². The summed E-state index contributed by atoms with van der Waals surface area (Å²) in [5.41, 5.74) is 1.22. The molecule has 1 aromatic carbocycles. The molecule has 0 radical (unpaired) electrons. The van der Waals surface area contributed by atoms with E-state index < -0.39 is 11.9 Å². The van der Waals surface area contributed by atoms with Crippen molar-refractivity contribution in [2.24, 2.45) is 0 Å². The number of carboxylic acids is 1. The molecule has 0 heterocycles. The molecule has 0 amide bonds. The minimum absolute atomic E-state index is 0.0227. The van der Waals surface area contributed by atoms with E-state index in [-0.39, 0.29) is 36.7 Å². The van der Waals surface area contributed by atoms with E-state index in [0.717, 1.165) is 0 Å². The largest absolute Gasteiger partial charge is 0.481 e. The lowest BCUT2D eigenvalue weighted by molar-refractivity contribution is -0.136. The second-order valence-electron chi connectivity index (χ2n) is 4.13. The fourth-order valence-electron chi connectivity index (χ4n) is 1.75. The SMILES string of the molecule is CCOC(=O)c1ccc(CC(=O)O)cc1CC(=O)CCl. The maximum absolute atomic E-state index is 11.8. The molecule has 0 saturated heterocycles. The summed E-state index contributed by atoms with van der Waals surface area (Å²) >= 11 is 5.46. The van der Waals surface area contributed by atoms with Crippen molar-refractivity contribution in [3.8, 4) is 0 Å². The van der Waals surface area contributed by atoms with Gasteiger partial charge in [-0.1, -0.05) is 12.1 Å². The molecule has 0 aliphatic carbocycles. The average molecular weight is 299 g/mol. The van der Waals surface area contributed by atoms with Crippen LogP contribution in [-0.4, -0.2) is 35.3 Å². The number of carboxylic acid groups (broad SMARTS) is 1. The van der Waals surface area contributed by atoms with Gasteiger partial charge in [0.1, 0.15) is 0 Å². The molecule has 0 aromatic heterocycles. The van der Waals surface area contributed by atoms with Gasteiger partial charge in [0.05, 0.1) is 24.5 Å². The summed E-state index contributed by atoms with van der Waals surface area (Å²) in [6.07, 6.45) is -0.198. The number of benzene rings is 1. The number of aliphatic carboxylic acids is 1. The van der Waals surface area contributed by atoms with E-state index in [1.165, 1.54) is 18.2 Å². The quantitative estimate of drug-likeness (QED) is 0.613. The van der Waals surface area contributed by atoms with E-state index in [1.54, 1.807) is 6.92 Å². The summed E-state index contributed by atoms with van der Waals surface area (Å²) in [7, 11) is 0. The summed E-state index contributed by atoms with van der Waals surface area (Å²) in [5, 5.41) is 8.77. The topological polar surface area (TPSA) is 80.7 Å². The summed E-state index contributed by atoms with van der Waals surface area (Å²) in [4.78, 5) is 33.9. The molecular formula is C14H15ClO5. The molecule has 0 aliphatic rings. The van der Waals surface area contributed by atoms with Crippen molar-refractivity contribution >= 4 is 29.3 Å². The van der Waals surface area contributed by atoms with Crippen LogP contribution in [0.25, 0.3) is 0 Å². The first kappa shape index (κ1) is 16.2. The Hall–Kier alpha value is -1.88. The fraction of sp³-hybridized carbons (Fsp3) is 0.357. The second kappa shape index (κ2) is 7.65. The van der Waals surface area contributed by atoms with E-state index >= 15 is 0 Å². The molecule has 1 rings (SSSR count). The normalized spacial score (nSPS) is 10.1. The number of ether oxygens (including phenoxy) is 1. The number of halogens is 1. The Bertz CT molecular complexity index is 524. The Kier molecular flexibility index (Phi) is 6.18. The summed E-state index contributed by atoms with van der Waals surface area (Å²) in [5.74, 6) is -1.93. The van der Waals surface area contributed by atoms with Crippen molar-refractivity contribution in [3.05, 3.63) is 34.9 Å². The van der Waals surface area contributed by atoms with Crippen molar-refractivity contribution in [1.29, 1.82) is 0 Å². The van der Waals surface area contributed by atoms with Crippen molar-refractivity contribution in [2.75, 3.05) is 12.5 Å². The Morgan fingerprint density at radius 2 is 1.95 bits per heavy atom. The first-order valence-corrected chi connectivity index (χ1v) is 6.59. The first-order chi connectivity index (χ1) is 9.47. The Morgan fingerprint density at radius 1 is 1.25 bits per heavy atom. The van der Waals surface area contributed by atoms with Crippen LogP contribution in [0.5, 0.6) is 0 Å². The van der Waals surface area contributed by atoms with Crippen molar-refractivity contribution in [1.82, 2.24) is 0 Å². The molecule has 1 aromatic rings. The minimum atomic E-state index is -0.983. The van der Waals surface area contributed by atoms with E-state index in [9.17, 15) is 14.4 Å². The van der Waals surface area contributed by atoms with Crippen LogP contribution in [0.1, 0.15) is 28.4 Å². The molecule has 6 heteroatoms. The van der Waals surface area contributed by atoms with Crippen LogP contribution in [0.3, 0.4) is 0 Å². The van der Waals surface area contributed by atoms with Gasteiger partial charge in [-0.2, -0.15) is 0 Å². The molecule has 108 valence electrons. The highest BCUT2D eigenvalue weighted by atomic mass is 35.5. The third-order valence-corrected chi connectivity index (χ3v) is 2.86. The first-order valence-electron chi connectivity index (χ1n) is 6.06. The molecule has 5 nitrogen and oxygen atoms in total. The molecule has 0 bridgehead atoms. The van der Waals surface area contributed by atoms with E-state index in [0.29, 0.717) is 11.1 Å². The van der Waals surface area contributed by atoms with Gasteiger partial charge in [-0.3, -0.25) is 9.59 Å². The highest BCUT2D eigenvalue weighted by molar-refractivity contribution is 6.27. The van der Waals surface area contributed by atoms with Gasteiger partial charge in [-0.15, -0.1) is 11.6 Å². The molecule has 1 N–H and O–H groups in total. The monoisotopic (exact) mass is 298 g/mol. The third-order valence-electron chi connectivity index (χ3n) is 2.56. The second-order valence-corrected chi connectivity index (χ2v) is 4.40. The molecule has 0 spiro atoms. The molecule has 0 unspecified atom stereocenters. The minimum Gasteiger partial charge on any atom is -0.481 e. The zero-order valence-electron chi connectivity index (χ0n) is 11.0. The fourth-order valence-corrected chi connectivity index (χ4v) is 1.84. The zero-order chi connectivity index (χ0) is 15.1. The Labute approximate surface area is 121 Å². The summed E-state index contributed by atoms with van der Waals surface area (Å²) in [6.45, 7) is 1.90. The van der Waals surface area contributed by atoms with Gasteiger partial charge in [-0.25, -0.2) is 4.79 Å². The van der Waals surface area contributed by atoms with Crippen LogP contribution < -0.4 is 0 Å². The van der Waals surface area contributed by atoms with Crippen LogP contribution in [-0.2, 0) is 27.2 Å². The molecule has 0 fully saturated rings. The number of hydrogen-bond acceptors (Lipinski definition) is 4. The predicted molar refractivity (Wildman–Crippen MR) is 73.2 cm³/mol. The van der Waals surface area contributed by atoms with Crippen LogP contribution in [0, 0.1) is 0 Å². The lowest BCUT2D eigenvalue weighted by Gasteiger charge is -2.09. The molecular weight excluding hydrogens is 284 g/mol. The molecule has 20 heavy (non-hydrogen) atoms. The maximum atomic E-state index is 11.8. The summed E-state index contributed by atoms with van der Waals surface area (Å²) < 4.78 is 4.91. The Balaban J connectivity index is 3.11. The zero-order valence-corrected chi connectivity index (χ0v) is 11.8.